The molecule has 2 aromatic rings. The summed E-state index contributed by atoms with van der Waals surface area (Å²) in [7, 11) is 3.11. The smallest absolute Gasteiger partial charge is 0.418 e. The maximum atomic E-state index is 14.5. The van der Waals surface area contributed by atoms with Crippen LogP contribution in [0.2, 0.25) is 0 Å². The summed E-state index contributed by atoms with van der Waals surface area (Å²) in [6.07, 6.45) is 0.413. The molecule has 0 saturated heterocycles. The number of rotatable bonds is 7. The number of ether oxygens (including phenoxy) is 3. The van der Waals surface area contributed by atoms with Crippen molar-refractivity contribution in [1.82, 2.24) is 0 Å². The van der Waals surface area contributed by atoms with Gasteiger partial charge in [-0.15, -0.1) is 0 Å². The van der Waals surface area contributed by atoms with Gasteiger partial charge < -0.3 is 19.5 Å². The van der Waals surface area contributed by atoms with Gasteiger partial charge in [0.2, 0.25) is 0 Å². The van der Waals surface area contributed by atoms with E-state index in [2.05, 4.69) is 5.32 Å². The summed E-state index contributed by atoms with van der Waals surface area (Å²) in [4.78, 5) is 12.3. The van der Waals surface area contributed by atoms with E-state index in [1.807, 2.05) is 12.1 Å². The Balaban J connectivity index is 1.65. The number of alkyl halides is 3. The highest BCUT2D eigenvalue weighted by molar-refractivity contribution is 6.15. The Morgan fingerprint density at radius 1 is 0.929 bits per heavy atom. The lowest BCUT2D eigenvalue weighted by Crippen LogP contribution is -2.30. The molecule has 0 amide bonds. The fourth-order valence-electron chi connectivity index (χ4n) is 5.52. The molecule has 0 spiro atoms. The van der Waals surface area contributed by atoms with Crippen molar-refractivity contribution in [2.45, 2.75) is 71.1 Å². The summed E-state index contributed by atoms with van der Waals surface area (Å²) in [6, 6.07) is 9.19. The molecular weight excluding hydrogens is 547 g/mol. The standard InChI is InChI=1S/C32H36F3N3O4/c1-31(2,3)42-28(39)18-36-21-12-13-26(32(33,34)35)27(16-21)38-30(19-8-6-9-19)25-11-7-10-24(25)29(37-38)20-14-22(40-4)17-23(15-20)41-5/h12-17,36H,6-11,18H2,1-5H3. The third-order valence-electron chi connectivity index (χ3n) is 7.51. The van der Waals surface area contributed by atoms with Gasteiger partial charge in [0.15, 0.2) is 0 Å². The number of nitrogens with zero attached hydrogens (tertiary/aromatic N) is 2. The van der Waals surface area contributed by atoms with Crippen LogP contribution in [0.3, 0.4) is 0 Å². The van der Waals surface area contributed by atoms with Crippen molar-refractivity contribution >= 4 is 23.1 Å². The first-order valence-corrected chi connectivity index (χ1v) is 14.1. The van der Waals surface area contributed by atoms with Crippen molar-refractivity contribution in [2.24, 2.45) is 5.10 Å². The molecule has 2 aliphatic carbocycles. The molecule has 0 atom stereocenters. The molecule has 42 heavy (non-hydrogen) atoms. The summed E-state index contributed by atoms with van der Waals surface area (Å²) in [6.45, 7) is 5.08. The fourth-order valence-corrected chi connectivity index (χ4v) is 5.52. The molecule has 1 fully saturated rings. The zero-order chi connectivity index (χ0) is 30.2. The molecule has 2 aromatic carbocycles. The van der Waals surface area contributed by atoms with E-state index in [0.29, 0.717) is 28.5 Å². The topological polar surface area (TPSA) is 72.4 Å². The minimum absolute atomic E-state index is 0.100. The van der Waals surface area contributed by atoms with Crippen LogP contribution in [0.1, 0.15) is 70.4 Å². The lowest BCUT2D eigenvalue weighted by atomic mass is 9.85. The minimum atomic E-state index is -4.63. The van der Waals surface area contributed by atoms with Crippen LogP contribution in [-0.4, -0.2) is 38.0 Å². The Morgan fingerprint density at radius 3 is 2.14 bits per heavy atom. The van der Waals surface area contributed by atoms with E-state index in [1.165, 1.54) is 17.1 Å². The van der Waals surface area contributed by atoms with Gasteiger partial charge in [0.05, 0.1) is 36.9 Å². The van der Waals surface area contributed by atoms with Crippen LogP contribution >= 0.6 is 0 Å². The summed E-state index contributed by atoms with van der Waals surface area (Å²) >= 11 is 0. The average Bonchev–Trinajstić information content (AvgIpc) is 3.39. The molecule has 1 N–H and O–H groups in total. The molecule has 1 heterocycles. The first-order valence-electron chi connectivity index (χ1n) is 14.1. The van der Waals surface area contributed by atoms with Gasteiger partial charge in [-0.25, -0.2) is 5.01 Å². The number of nitrogens with one attached hydrogen (secondary N) is 1. The first kappa shape index (κ1) is 29.5. The monoisotopic (exact) mass is 583 g/mol. The second-order valence-corrected chi connectivity index (χ2v) is 11.6. The van der Waals surface area contributed by atoms with Crippen LogP contribution in [0.15, 0.2) is 63.9 Å². The predicted molar refractivity (Wildman–Crippen MR) is 156 cm³/mol. The van der Waals surface area contributed by atoms with Crippen molar-refractivity contribution in [2.75, 3.05) is 31.1 Å². The number of carbonyl (C=O) groups is 1. The van der Waals surface area contributed by atoms with E-state index in [9.17, 15) is 18.0 Å². The number of esters is 1. The van der Waals surface area contributed by atoms with Crippen molar-refractivity contribution < 1.29 is 32.2 Å². The number of allylic oxidation sites excluding steroid dienone is 3. The Hall–Kier alpha value is -3.95. The van der Waals surface area contributed by atoms with E-state index in [1.54, 1.807) is 41.1 Å². The molecule has 0 radical (unpaired) electrons. The van der Waals surface area contributed by atoms with Crippen LogP contribution < -0.4 is 19.8 Å². The predicted octanol–water partition coefficient (Wildman–Crippen LogP) is 7.62. The van der Waals surface area contributed by atoms with Gasteiger partial charge in [0.1, 0.15) is 23.6 Å². The van der Waals surface area contributed by atoms with Gasteiger partial charge in [0.25, 0.3) is 0 Å². The van der Waals surface area contributed by atoms with Crippen molar-refractivity contribution in [3.63, 3.8) is 0 Å². The van der Waals surface area contributed by atoms with Gasteiger partial charge in [-0.1, -0.05) is 0 Å². The number of hydrogen-bond donors (Lipinski definition) is 1. The molecule has 0 unspecified atom stereocenters. The molecular formula is C32H36F3N3O4. The van der Waals surface area contributed by atoms with Crippen molar-refractivity contribution in [3.05, 3.63) is 69.9 Å². The number of benzene rings is 2. The molecule has 0 bridgehead atoms. The molecule has 7 nitrogen and oxygen atoms in total. The number of halogens is 3. The van der Waals surface area contributed by atoms with Gasteiger partial charge in [-0.2, -0.15) is 18.3 Å². The lowest BCUT2D eigenvalue weighted by molar-refractivity contribution is -0.152. The van der Waals surface area contributed by atoms with Crippen molar-refractivity contribution in [1.29, 1.82) is 0 Å². The van der Waals surface area contributed by atoms with Gasteiger partial charge in [-0.3, -0.25) is 4.79 Å². The average molecular weight is 584 g/mol. The maximum absolute atomic E-state index is 14.5. The summed E-state index contributed by atoms with van der Waals surface area (Å²) in [5.41, 5.74) is 4.03. The molecule has 5 rings (SSSR count). The summed E-state index contributed by atoms with van der Waals surface area (Å²) < 4.78 is 59.9. The zero-order valence-electron chi connectivity index (χ0n) is 24.6. The van der Waals surface area contributed by atoms with E-state index in [4.69, 9.17) is 19.3 Å². The van der Waals surface area contributed by atoms with Gasteiger partial charge in [0, 0.05) is 17.3 Å². The first-order chi connectivity index (χ1) is 19.9. The van der Waals surface area contributed by atoms with Crippen LogP contribution in [0.4, 0.5) is 24.5 Å². The number of carbonyl (C=O) groups excluding carboxylic acids is 1. The van der Waals surface area contributed by atoms with Gasteiger partial charge in [-0.05, 0) is 106 Å². The van der Waals surface area contributed by atoms with Crippen LogP contribution in [0.5, 0.6) is 11.5 Å². The van der Waals surface area contributed by atoms with Crippen LogP contribution in [0, 0.1) is 0 Å². The highest BCUT2D eigenvalue weighted by Crippen LogP contribution is 2.48. The molecule has 10 heteroatoms. The van der Waals surface area contributed by atoms with E-state index < -0.39 is 23.3 Å². The number of methoxy groups -OCH3 is 2. The Bertz CT molecular complexity index is 1460. The second-order valence-electron chi connectivity index (χ2n) is 11.6. The maximum Gasteiger partial charge on any atom is 0.418 e. The highest BCUT2D eigenvalue weighted by atomic mass is 19.4. The molecule has 0 aromatic heterocycles. The van der Waals surface area contributed by atoms with E-state index in [0.717, 1.165) is 67.0 Å². The third-order valence-corrected chi connectivity index (χ3v) is 7.51. The Labute approximate surface area is 244 Å². The zero-order valence-corrected chi connectivity index (χ0v) is 24.6. The lowest BCUT2D eigenvalue weighted by Gasteiger charge is -2.36. The van der Waals surface area contributed by atoms with E-state index >= 15 is 0 Å². The molecule has 1 saturated carbocycles. The fraction of sp³-hybridized carbons (Fsp3) is 0.438. The SMILES string of the molecule is COc1cc(OC)cc(C2=NN(c3cc(NCC(=O)OC(C)(C)C)ccc3C(F)(F)F)C(=C3CCC3)C3=C2CCC3)c1. The summed E-state index contributed by atoms with van der Waals surface area (Å²) in [5, 5.41) is 9.37. The number of anilines is 2. The number of hydrazone groups is 1. The van der Waals surface area contributed by atoms with E-state index in [-0.39, 0.29) is 12.2 Å². The molecule has 224 valence electrons. The molecule has 3 aliphatic rings. The second kappa shape index (κ2) is 11.4. The highest BCUT2D eigenvalue weighted by Gasteiger charge is 2.40. The number of hydrogen-bond acceptors (Lipinski definition) is 7. The quantitative estimate of drug-likeness (QED) is 0.338. The Kier molecular flexibility index (Phi) is 8.00. The normalized spacial score (nSPS) is 17.0. The van der Waals surface area contributed by atoms with Crippen LogP contribution in [0.25, 0.3) is 0 Å². The van der Waals surface area contributed by atoms with Gasteiger partial charge >= 0.3 is 12.1 Å². The Morgan fingerprint density at radius 2 is 1.57 bits per heavy atom. The third kappa shape index (κ3) is 6.12. The van der Waals surface area contributed by atoms with Crippen LogP contribution in [-0.2, 0) is 15.7 Å². The largest absolute Gasteiger partial charge is 0.497 e. The minimum Gasteiger partial charge on any atom is -0.497 e. The molecule has 1 aliphatic heterocycles. The van der Waals surface area contributed by atoms with Crippen molar-refractivity contribution in [3.8, 4) is 11.5 Å². The summed E-state index contributed by atoms with van der Waals surface area (Å²) in [5.74, 6) is 0.615.